The molecule has 4 rings (SSSR count). The Morgan fingerprint density at radius 3 is 2.42 bits per heavy atom. The number of hydrogen-bond donors (Lipinski definition) is 1. The van der Waals surface area contributed by atoms with Crippen LogP contribution in [0.1, 0.15) is 19.8 Å². The van der Waals surface area contributed by atoms with Crippen molar-refractivity contribution < 1.29 is 18.8 Å². The van der Waals surface area contributed by atoms with Crippen molar-refractivity contribution in [3.8, 4) is 22.9 Å². The number of carbonyl (C=O) groups excluding carboxylic acids is 1. The summed E-state index contributed by atoms with van der Waals surface area (Å²) in [5, 5.41) is 7.09. The average molecular weight is 422 g/mol. The lowest BCUT2D eigenvalue weighted by atomic mass is 9.96. The second kappa shape index (κ2) is 9.51. The monoisotopic (exact) mass is 422 g/mol. The summed E-state index contributed by atoms with van der Waals surface area (Å²) >= 11 is 0. The van der Waals surface area contributed by atoms with Gasteiger partial charge in [-0.3, -0.25) is 4.79 Å². The minimum absolute atomic E-state index is 0.0354. The number of piperidine rings is 1. The first-order chi connectivity index (χ1) is 15.2. The third-order valence-corrected chi connectivity index (χ3v) is 5.33. The van der Waals surface area contributed by atoms with Gasteiger partial charge in [-0.2, -0.15) is 4.98 Å². The molecular formula is C23H26N4O4. The van der Waals surface area contributed by atoms with Crippen LogP contribution in [-0.2, 0) is 4.79 Å². The van der Waals surface area contributed by atoms with Crippen LogP contribution in [0.2, 0.25) is 0 Å². The van der Waals surface area contributed by atoms with Crippen molar-refractivity contribution in [3.63, 3.8) is 0 Å². The largest absolute Gasteiger partial charge is 0.497 e. The number of aromatic nitrogens is 2. The van der Waals surface area contributed by atoms with E-state index >= 15 is 0 Å². The van der Waals surface area contributed by atoms with E-state index in [4.69, 9.17) is 14.0 Å². The Hall–Kier alpha value is -3.55. The lowest BCUT2D eigenvalue weighted by Crippen LogP contribution is -2.38. The molecule has 1 N–H and O–H groups in total. The normalized spacial score (nSPS) is 14.3. The molecule has 0 spiro atoms. The van der Waals surface area contributed by atoms with Gasteiger partial charge in [-0.25, -0.2) is 0 Å². The Kier molecular flexibility index (Phi) is 6.35. The van der Waals surface area contributed by atoms with Gasteiger partial charge in [0, 0.05) is 30.3 Å². The summed E-state index contributed by atoms with van der Waals surface area (Å²) in [5.74, 6) is 2.09. The van der Waals surface area contributed by atoms with E-state index in [1.165, 1.54) is 0 Å². The Balaban J connectivity index is 1.31. The van der Waals surface area contributed by atoms with E-state index in [9.17, 15) is 4.79 Å². The summed E-state index contributed by atoms with van der Waals surface area (Å²) in [6.45, 7) is 3.93. The molecule has 1 aliphatic rings. The van der Waals surface area contributed by atoms with Crippen LogP contribution in [0, 0.1) is 5.92 Å². The number of hydrogen-bond acceptors (Lipinski definition) is 7. The van der Waals surface area contributed by atoms with Crippen LogP contribution in [-0.4, -0.2) is 42.9 Å². The number of amides is 1. The van der Waals surface area contributed by atoms with Crippen LogP contribution in [0.4, 0.5) is 11.7 Å². The maximum absolute atomic E-state index is 12.6. The zero-order valence-electron chi connectivity index (χ0n) is 17.7. The zero-order chi connectivity index (χ0) is 21.6. The molecule has 1 aromatic heterocycles. The highest BCUT2D eigenvalue weighted by Gasteiger charge is 2.27. The molecule has 1 aliphatic heterocycles. The molecule has 162 valence electrons. The molecule has 0 unspecified atom stereocenters. The van der Waals surface area contributed by atoms with E-state index in [0.717, 1.165) is 35.6 Å². The maximum atomic E-state index is 12.6. The van der Waals surface area contributed by atoms with Gasteiger partial charge in [0.25, 0.3) is 0 Å². The lowest BCUT2D eigenvalue weighted by Gasteiger charge is -2.29. The van der Waals surface area contributed by atoms with Crippen molar-refractivity contribution in [1.82, 2.24) is 10.1 Å². The van der Waals surface area contributed by atoms with Crippen molar-refractivity contribution in [2.24, 2.45) is 5.92 Å². The van der Waals surface area contributed by atoms with Gasteiger partial charge in [-0.05, 0) is 68.3 Å². The fourth-order valence-electron chi connectivity index (χ4n) is 3.58. The topological polar surface area (TPSA) is 89.7 Å². The smallest absolute Gasteiger partial charge is 0.324 e. The number of rotatable bonds is 7. The van der Waals surface area contributed by atoms with Crippen molar-refractivity contribution in [2.75, 3.05) is 37.0 Å². The molecule has 1 fully saturated rings. The van der Waals surface area contributed by atoms with Gasteiger partial charge < -0.3 is 24.2 Å². The first-order valence-corrected chi connectivity index (χ1v) is 10.4. The SMILES string of the molecule is CCOc1ccc(NC(=O)C2CCN(c3nc(-c4ccc(OC)cc4)no3)CC2)cc1. The van der Waals surface area contributed by atoms with Crippen molar-refractivity contribution in [1.29, 1.82) is 0 Å². The minimum Gasteiger partial charge on any atom is -0.497 e. The quantitative estimate of drug-likeness (QED) is 0.615. The lowest BCUT2D eigenvalue weighted by molar-refractivity contribution is -0.120. The van der Waals surface area contributed by atoms with Crippen molar-refractivity contribution in [3.05, 3.63) is 48.5 Å². The molecular weight excluding hydrogens is 396 g/mol. The van der Waals surface area contributed by atoms with E-state index in [1.54, 1.807) is 7.11 Å². The highest BCUT2D eigenvalue weighted by molar-refractivity contribution is 5.92. The van der Waals surface area contributed by atoms with Gasteiger partial charge in [0.05, 0.1) is 13.7 Å². The summed E-state index contributed by atoms with van der Waals surface area (Å²) in [6.07, 6.45) is 1.45. The Labute approximate surface area is 181 Å². The van der Waals surface area contributed by atoms with Gasteiger partial charge >= 0.3 is 6.01 Å². The maximum Gasteiger partial charge on any atom is 0.324 e. The number of methoxy groups -OCH3 is 1. The predicted molar refractivity (Wildman–Crippen MR) is 117 cm³/mol. The fourth-order valence-corrected chi connectivity index (χ4v) is 3.58. The third-order valence-electron chi connectivity index (χ3n) is 5.33. The minimum atomic E-state index is -0.0493. The van der Waals surface area contributed by atoms with Crippen LogP contribution in [0.25, 0.3) is 11.4 Å². The van der Waals surface area contributed by atoms with E-state index in [2.05, 4.69) is 15.5 Å². The Morgan fingerprint density at radius 2 is 1.77 bits per heavy atom. The van der Waals surface area contributed by atoms with Crippen LogP contribution in [0.15, 0.2) is 53.1 Å². The summed E-state index contributed by atoms with van der Waals surface area (Å²) < 4.78 is 16.1. The molecule has 1 saturated heterocycles. The molecule has 0 radical (unpaired) electrons. The zero-order valence-corrected chi connectivity index (χ0v) is 17.7. The van der Waals surface area contributed by atoms with E-state index in [1.807, 2.05) is 60.4 Å². The number of anilines is 2. The second-order valence-corrected chi connectivity index (χ2v) is 7.34. The van der Waals surface area contributed by atoms with Crippen molar-refractivity contribution in [2.45, 2.75) is 19.8 Å². The molecule has 2 aromatic carbocycles. The van der Waals surface area contributed by atoms with Crippen LogP contribution in [0.5, 0.6) is 11.5 Å². The van der Waals surface area contributed by atoms with Crippen LogP contribution < -0.4 is 19.7 Å². The van der Waals surface area contributed by atoms with E-state index in [-0.39, 0.29) is 11.8 Å². The summed E-state index contributed by atoms with van der Waals surface area (Å²) in [5.41, 5.74) is 1.64. The molecule has 0 saturated carbocycles. The second-order valence-electron chi connectivity index (χ2n) is 7.34. The molecule has 8 nitrogen and oxygen atoms in total. The summed E-state index contributed by atoms with van der Waals surface area (Å²) in [4.78, 5) is 19.2. The van der Waals surface area contributed by atoms with Gasteiger partial charge in [0.1, 0.15) is 11.5 Å². The number of ether oxygens (including phenoxy) is 2. The average Bonchev–Trinajstić information content (AvgIpc) is 3.31. The molecule has 1 amide bonds. The molecule has 0 aliphatic carbocycles. The highest BCUT2D eigenvalue weighted by Crippen LogP contribution is 2.26. The van der Waals surface area contributed by atoms with Gasteiger partial charge in [0.15, 0.2) is 0 Å². The van der Waals surface area contributed by atoms with E-state index < -0.39 is 0 Å². The highest BCUT2D eigenvalue weighted by atomic mass is 16.5. The molecule has 0 bridgehead atoms. The molecule has 0 atom stereocenters. The van der Waals surface area contributed by atoms with E-state index in [0.29, 0.717) is 31.5 Å². The van der Waals surface area contributed by atoms with Crippen LogP contribution >= 0.6 is 0 Å². The standard InChI is InChI=1S/C23H26N4O4/c1-3-30-20-10-6-18(7-11-20)24-22(28)17-12-14-27(15-13-17)23-25-21(26-31-23)16-4-8-19(29-2)9-5-16/h4-11,17H,3,12-15H2,1-2H3,(H,24,28). The molecule has 31 heavy (non-hydrogen) atoms. The summed E-state index contributed by atoms with van der Waals surface area (Å²) in [6, 6.07) is 15.4. The predicted octanol–water partition coefficient (Wildman–Crippen LogP) is 4.00. The first-order valence-electron chi connectivity index (χ1n) is 10.4. The van der Waals surface area contributed by atoms with Gasteiger partial charge in [-0.1, -0.05) is 5.16 Å². The number of nitrogens with zero attached hydrogens (tertiary/aromatic N) is 3. The molecule has 8 heteroatoms. The molecule has 2 heterocycles. The number of benzene rings is 2. The number of carbonyl (C=O) groups is 1. The third kappa shape index (κ3) is 4.96. The summed E-state index contributed by atoms with van der Waals surface area (Å²) in [7, 11) is 1.63. The Morgan fingerprint density at radius 1 is 1.10 bits per heavy atom. The number of nitrogens with one attached hydrogen (secondary N) is 1. The van der Waals surface area contributed by atoms with Crippen LogP contribution in [0.3, 0.4) is 0 Å². The fraction of sp³-hybridized carbons (Fsp3) is 0.348. The first kappa shape index (κ1) is 20.7. The Bertz CT molecular complexity index is 993. The van der Waals surface area contributed by atoms with Gasteiger partial charge in [-0.15, -0.1) is 0 Å². The van der Waals surface area contributed by atoms with Gasteiger partial charge in [0.2, 0.25) is 11.7 Å². The van der Waals surface area contributed by atoms with Crippen molar-refractivity contribution >= 4 is 17.6 Å². The molecule has 3 aromatic rings.